The predicted molar refractivity (Wildman–Crippen MR) is 59.8 cm³/mol. The molecule has 0 aliphatic rings. The Balaban J connectivity index is 3.13. The molecule has 0 radical (unpaired) electrons. The van der Waals surface area contributed by atoms with Crippen LogP contribution in [0.25, 0.3) is 0 Å². The van der Waals surface area contributed by atoms with E-state index >= 15 is 0 Å². The second kappa shape index (κ2) is 5.60. The first-order valence-corrected chi connectivity index (χ1v) is 4.95. The summed E-state index contributed by atoms with van der Waals surface area (Å²) in [7, 11) is 0. The number of nitro benzene ring substituents is 1. The van der Waals surface area contributed by atoms with Crippen LogP contribution in [0.15, 0.2) is 12.1 Å². The van der Waals surface area contributed by atoms with E-state index in [1.165, 1.54) is 0 Å². The van der Waals surface area contributed by atoms with Crippen LogP contribution in [-0.4, -0.2) is 23.1 Å². The van der Waals surface area contributed by atoms with Crippen LogP contribution in [0.5, 0.6) is 5.75 Å². The molecule has 0 N–H and O–H groups in total. The summed E-state index contributed by atoms with van der Waals surface area (Å²) in [5.74, 6) is -0.0200. The molecule has 0 heterocycles. The van der Waals surface area contributed by atoms with Gasteiger partial charge in [0.1, 0.15) is 5.75 Å². The molecular formula is C9H5Cl2NO5. The van der Waals surface area contributed by atoms with Crippen molar-refractivity contribution in [2.24, 2.45) is 0 Å². The third-order valence-electron chi connectivity index (χ3n) is 1.75. The zero-order valence-corrected chi connectivity index (χ0v) is 9.70. The Bertz CT molecular complexity index is 489. The van der Waals surface area contributed by atoms with Crippen molar-refractivity contribution in [3.8, 4) is 5.75 Å². The highest BCUT2D eigenvalue weighted by molar-refractivity contribution is 6.63. The molecule has 0 saturated heterocycles. The van der Waals surface area contributed by atoms with Gasteiger partial charge in [-0.3, -0.25) is 19.7 Å². The summed E-state index contributed by atoms with van der Waals surface area (Å²) < 4.78 is 4.88. The SMILES string of the molecule is O=Cc1cc(OCC(=O)Cl)c(Cl)cc1[N+](=O)[O-]. The smallest absolute Gasteiger partial charge is 0.281 e. The first-order valence-electron chi connectivity index (χ1n) is 4.20. The zero-order chi connectivity index (χ0) is 13.0. The second-order valence-electron chi connectivity index (χ2n) is 2.86. The van der Waals surface area contributed by atoms with Crippen molar-refractivity contribution in [3.05, 3.63) is 32.8 Å². The number of hydrogen-bond donors (Lipinski definition) is 0. The van der Waals surface area contributed by atoms with Gasteiger partial charge in [0, 0.05) is 6.07 Å². The van der Waals surface area contributed by atoms with Gasteiger partial charge in [-0.25, -0.2) is 0 Å². The van der Waals surface area contributed by atoms with Gasteiger partial charge in [0.05, 0.1) is 15.5 Å². The number of hydrogen-bond acceptors (Lipinski definition) is 5. The molecule has 0 aliphatic heterocycles. The minimum Gasteiger partial charge on any atom is -0.483 e. The number of nitro groups is 1. The van der Waals surface area contributed by atoms with Gasteiger partial charge in [-0.1, -0.05) is 11.6 Å². The summed E-state index contributed by atoms with van der Waals surface area (Å²) in [6.45, 7) is -0.447. The van der Waals surface area contributed by atoms with Gasteiger partial charge < -0.3 is 4.74 Å². The highest BCUT2D eigenvalue weighted by Gasteiger charge is 2.18. The number of rotatable bonds is 5. The van der Waals surface area contributed by atoms with Crippen LogP contribution in [0.1, 0.15) is 10.4 Å². The van der Waals surface area contributed by atoms with E-state index in [9.17, 15) is 19.7 Å². The summed E-state index contributed by atoms with van der Waals surface area (Å²) >= 11 is 10.7. The van der Waals surface area contributed by atoms with Gasteiger partial charge in [-0.05, 0) is 17.7 Å². The van der Waals surface area contributed by atoms with Gasteiger partial charge in [0.2, 0.25) is 0 Å². The average molecular weight is 278 g/mol. The number of nitrogens with zero attached hydrogens (tertiary/aromatic N) is 1. The fourth-order valence-electron chi connectivity index (χ4n) is 1.06. The van der Waals surface area contributed by atoms with Crippen LogP contribution in [0.2, 0.25) is 5.02 Å². The minimum absolute atomic E-state index is 0.0200. The molecule has 6 nitrogen and oxygen atoms in total. The molecule has 0 bridgehead atoms. The second-order valence-corrected chi connectivity index (χ2v) is 3.69. The predicted octanol–water partition coefficient (Wildman–Crippen LogP) is 2.20. The fourth-order valence-corrected chi connectivity index (χ4v) is 1.32. The Hall–Kier alpha value is -1.66. The molecule has 1 aromatic carbocycles. The molecule has 0 saturated carbocycles. The summed E-state index contributed by atoms with van der Waals surface area (Å²) in [6, 6.07) is 2.05. The molecule has 0 unspecified atom stereocenters. The molecule has 1 rings (SSSR count). The molecule has 1 aromatic rings. The number of aldehydes is 1. The lowest BCUT2D eigenvalue weighted by Crippen LogP contribution is -2.05. The van der Waals surface area contributed by atoms with Crippen molar-refractivity contribution in [2.75, 3.05) is 6.61 Å². The van der Waals surface area contributed by atoms with E-state index in [4.69, 9.17) is 27.9 Å². The average Bonchev–Trinajstić information content (AvgIpc) is 2.26. The third-order valence-corrected chi connectivity index (χ3v) is 2.15. The number of carbonyl (C=O) groups excluding carboxylic acids is 2. The first kappa shape index (κ1) is 13.4. The highest BCUT2D eigenvalue weighted by Crippen LogP contribution is 2.31. The lowest BCUT2D eigenvalue weighted by Gasteiger charge is -2.06. The molecule has 90 valence electrons. The summed E-state index contributed by atoms with van der Waals surface area (Å²) in [6.07, 6.45) is 0.295. The Morgan fingerprint density at radius 3 is 2.65 bits per heavy atom. The summed E-state index contributed by atoms with van der Waals surface area (Å²) in [4.78, 5) is 31.0. The van der Waals surface area contributed by atoms with Crippen LogP contribution in [0, 0.1) is 10.1 Å². The van der Waals surface area contributed by atoms with E-state index in [0.717, 1.165) is 12.1 Å². The number of benzene rings is 1. The van der Waals surface area contributed by atoms with Crippen LogP contribution in [0.4, 0.5) is 5.69 Å². The quantitative estimate of drug-likeness (QED) is 0.356. The van der Waals surface area contributed by atoms with Gasteiger partial charge >= 0.3 is 0 Å². The zero-order valence-electron chi connectivity index (χ0n) is 8.18. The largest absolute Gasteiger partial charge is 0.483 e. The van der Waals surface area contributed by atoms with Gasteiger partial charge in [-0.15, -0.1) is 0 Å². The fraction of sp³-hybridized carbons (Fsp3) is 0.111. The topological polar surface area (TPSA) is 86.5 Å². The standard InChI is InChI=1S/C9H5Cl2NO5/c10-6-2-7(12(15)16)5(3-13)1-8(6)17-4-9(11)14/h1-3H,4H2. The molecular weight excluding hydrogens is 273 g/mol. The van der Waals surface area contributed by atoms with Crippen molar-refractivity contribution in [2.45, 2.75) is 0 Å². The molecule has 0 fully saturated rings. The molecule has 0 aromatic heterocycles. The van der Waals surface area contributed by atoms with Crippen molar-refractivity contribution in [1.29, 1.82) is 0 Å². The van der Waals surface area contributed by atoms with Crippen LogP contribution >= 0.6 is 23.2 Å². The normalized spacial score (nSPS) is 9.76. The maximum absolute atomic E-state index is 10.6. The number of ether oxygens (including phenoxy) is 1. The Kier molecular flexibility index (Phi) is 4.42. The lowest BCUT2D eigenvalue weighted by atomic mass is 10.2. The van der Waals surface area contributed by atoms with E-state index in [1.807, 2.05) is 0 Å². The van der Waals surface area contributed by atoms with Gasteiger partial charge in [0.25, 0.3) is 10.9 Å². The molecule has 0 spiro atoms. The summed E-state index contributed by atoms with van der Waals surface area (Å²) in [5.41, 5.74) is -0.633. The van der Waals surface area contributed by atoms with E-state index < -0.39 is 22.5 Å². The minimum atomic E-state index is -0.757. The van der Waals surface area contributed by atoms with Crippen molar-refractivity contribution in [1.82, 2.24) is 0 Å². The molecule has 8 heteroatoms. The van der Waals surface area contributed by atoms with Gasteiger partial charge in [-0.2, -0.15) is 0 Å². The monoisotopic (exact) mass is 277 g/mol. The third kappa shape index (κ3) is 3.40. The first-order chi connectivity index (χ1) is 7.95. The molecule has 0 amide bonds. The van der Waals surface area contributed by atoms with E-state index in [1.54, 1.807) is 0 Å². The van der Waals surface area contributed by atoms with Crippen molar-refractivity contribution < 1.29 is 19.2 Å². The van der Waals surface area contributed by atoms with Gasteiger partial charge in [0.15, 0.2) is 12.9 Å². The van der Waals surface area contributed by atoms with Crippen LogP contribution in [-0.2, 0) is 4.79 Å². The van der Waals surface area contributed by atoms with E-state index in [-0.39, 0.29) is 16.3 Å². The highest BCUT2D eigenvalue weighted by atomic mass is 35.5. The maximum atomic E-state index is 10.6. The Morgan fingerprint density at radius 2 is 2.18 bits per heavy atom. The van der Waals surface area contributed by atoms with Crippen LogP contribution < -0.4 is 4.74 Å². The van der Waals surface area contributed by atoms with E-state index in [0.29, 0.717) is 6.29 Å². The van der Waals surface area contributed by atoms with Crippen molar-refractivity contribution in [3.63, 3.8) is 0 Å². The maximum Gasteiger partial charge on any atom is 0.281 e. The number of carbonyl (C=O) groups is 2. The van der Waals surface area contributed by atoms with Crippen molar-refractivity contribution >= 4 is 40.4 Å². The Morgan fingerprint density at radius 1 is 1.53 bits per heavy atom. The summed E-state index contributed by atoms with van der Waals surface area (Å²) in [5, 5.41) is 9.74. The number of halogens is 2. The van der Waals surface area contributed by atoms with Crippen LogP contribution in [0.3, 0.4) is 0 Å². The molecule has 0 aliphatic carbocycles. The molecule has 17 heavy (non-hydrogen) atoms. The van der Waals surface area contributed by atoms with E-state index in [2.05, 4.69) is 0 Å². The Labute approximate surface area is 105 Å². The molecule has 0 atom stereocenters. The lowest BCUT2D eigenvalue weighted by molar-refractivity contribution is -0.385.